The van der Waals surface area contributed by atoms with Crippen molar-refractivity contribution in [3.05, 3.63) is 47.2 Å². The van der Waals surface area contributed by atoms with Gasteiger partial charge in [-0.05, 0) is 30.9 Å². The molecule has 0 bridgehead atoms. The fourth-order valence-corrected chi connectivity index (χ4v) is 3.55. The van der Waals surface area contributed by atoms with Crippen molar-refractivity contribution in [1.29, 1.82) is 0 Å². The van der Waals surface area contributed by atoms with Crippen LogP contribution < -0.4 is 5.32 Å². The number of carbonyl (C=O) groups is 2. The van der Waals surface area contributed by atoms with Gasteiger partial charge in [-0.1, -0.05) is 48.2 Å². The van der Waals surface area contributed by atoms with Crippen molar-refractivity contribution in [3.8, 4) is 0 Å². The molecule has 0 radical (unpaired) electrons. The molecule has 1 saturated carbocycles. The zero-order valence-electron chi connectivity index (χ0n) is 14.5. The Morgan fingerprint density at radius 2 is 1.96 bits per heavy atom. The van der Waals surface area contributed by atoms with Crippen LogP contribution in [0.4, 0.5) is 5.82 Å². The summed E-state index contributed by atoms with van der Waals surface area (Å²) in [6.07, 6.45) is 7.12. The highest BCUT2D eigenvalue weighted by molar-refractivity contribution is 6.33. The van der Waals surface area contributed by atoms with Crippen molar-refractivity contribution in [2.24, 2.45) is 5.92 Å². The van der Waals surface area contributed by atoms with Gasteiger partial charge >= 0.3 is 0 Å². The van der Waals surface area contributed by atoms with E-state index in [9.17, 15) is 9.59 Å². The van der Waals surface area contributed by atoms with Crippen LogP contribution in [-0.2, 0) is 4.79 Å². The minimum absolute atomic E-state index is 0.0482. The van der Waals surface area contributed by atoms with E-state index in [2.05, 4.69) is 10.5 Å². The Hall–Kier alpha value is -2.34. The van der Waals surface area contributed by atoms with Gasteiger partial charge in [0.25, 0.3) is 5.91 Å². The number of anilines is 1. The number of amides is 2. The second-order valence-corrected chi connectivity index (χ2v) is 7.01. The minimum Gasteiger partial charge on any atom is -0.363 e. The highest BCUT2D eigenvalue weighted by Gasteiger charge is 2.25. The Labute approximate surface area is 157 Å². The summed E-state index contributed by atoms with van der Waals surface area (Å²) in [5, 5.41) is 6.70. The van der Waals surface area contributed by atoms with Crippen LogP contribution in [0.1, 0.15) is 42.5 Å². The van der Waals surface area contributed by atoms with Crippen LogP contribution in [0.25, 0.3) is 0 Å². The number of aromatic nitrogens is 1. The van der Waals surface area contributed by atoms with Crippen molar-refractivity contribution >= 4 is 29.2 Å². The summed E-state index contributed by atoms with van der Waals surface area (Å²) in [4.78, 5) is 27.0. The van der Waals surface area contributed by atoms with Gasteiger partial charge in [-0.2, -0.15) is 0 Å². The van der Waals surface area contributed by atoms with Gasteiger partial charge in [0.05, 0.1) is 10.6 Å². The van der Waals surface area contributed by atoms with E-state index < -0.39 is 0 Å². The van der Waals surface area contributed by atoms with E-state index in [-0.39, 0.29) is 18.4 Å². The fourth-order valence-electron chi connectivity index (χ4n) is 3.34. The quantitative estimate of drug-likeness (QED) is 0.828. The Morgan fingerprint density at radius 1 is 1.19 bits per heavy atom. The molecule has 3 rings (SSSR count). The van der Waals surface area contributed by atoms with E-state index in [4.69, 9.17) is 16.1 Å². The summed E-state index contributed by atoms with van der Waals surface area (Å²) < 4.78 is 4.71. The van der Waals surface area contributed by atoms with Crippen molar-refractivity contribution in [1.82, 2.24) is 10.1 Å². The molecular weight excluding hydrogens is 354 g/mol. The monoisotopic (exact) mass is 375 g/mol. The average molecular weight is 376 g/mol. The third-order valence-corrected chi connectivity index (χ3v) is 4.96. The van der Waals surface area contributed by atoms with Gasteiger partial charge in [-0.25, -0.2) is 0 Å². The van der Waals surface area contributed by atoms with Crippen LogP contribution in [-0.4, -0.2) is 35.0 Å². The van der Waals surface area contributed by atoms with Crippen LogP contribution in [0, 0.1) is 5.92 Å². The molecule has 1 N–H and O–H groups in total. The number of carbonyl (C=O) groups excluding carboxylic acids is 2. The normalized spacial score (nSPS) is 14.8. The van der Waals surface area contributed by atoms with E-state index in [1.54, 1.807) is 35.2 Å². The first-order chi connectivity index (χ1) is 12.6. The molecule has 0 unspecified atom stereocenters. The Morgan fingerprint density at radius 3 is 2.65 bits per heavy atom. The summed E-state index contributed by atoms with van der Waals surface area (Å²) >= 11 is 6.19. The van der Waals surface area contributed by atoms with Gasteiger partial charge in [0, 0.05) is 12.6 Å². The minimum atomic E-state index is -0.310. The molecule has 138 valence electrons. The van der Waals surface area contributed by atoms with Crippen molar-refractivity contribution in [3.63, 3.8) is 0 Å². The molecule has 1 aliphatic carbocycles. The molecule has 0 spiro atoms. The lowest BCUT2D eigenvalue weighted by molar-refractivity contribution is -0.117. The summed E-state index contributed by atoms with van der Waals surface area (Å²) in [5.41, 5.74) is 0.416. The molecule has 2 amide bonds. The number of hydrogen-bond acceptors (Lipinski definition) is 4. The van der Waals surface area contributed by atoms with Gasteiger partial charge in [0.1, 0.15) is 12.8 Å². The largest absolute Gasteiger partial charge is 0.363 e. The van der Waals surface area contributed by atoms with Crippen LogP contribution in [0.2, 0.25) is 5.02 Å². The zero-order chi connectivity index (χ0) is 18.4. The maximum absolute atomic E-state index is 13.0. The molecule has 1 heterocycles. The van der Waals surface area contributed by atoms with Crippen LogP contribution in [0.5, 0.6) is 0 Å². The van der Waals surface area contributed by atoms with E-state index in [1.165, 1.54) is 25.5 Å². The second kappa shape index (κ2) is 8.85. The van der Waals surface area contributed by atoms with Crippen LogP contribution in [0.15, 0.2) is 41.1 Å². The van der Waals surface area contributed by atoms with Gasteiger partial charge < -0.3 is 14.7 Å². The Balaban J connectivity index is 1.73. The van der Waals surface area contributed by atoms with Gasteiger partial charge in [0.15, 0.2) is 5.82 Å². The standard InChI is InChI=1S/C19H22ClN3O3/c20-16-9-5-4-8-15(16)19(25)23(12-14-6-2-1-3-7-14)13-18(24)21-17-10-11-26-22-17/h4-5,8-11,14H,1-3,6-7,12-13H2,(H,21,22,24). The lowest BCUT2D eigenvalue weighted by Gasteiger charge is -2.29. The molecule has 6 nitrogen and oxygen atoms in total. The first-order valence-electron chi connectivity index (χ1n) is 8.87. The molecule has 1 fully saturated rings. The van der Waals surface area contributed by atoms with Crippen molar-refractivity contribution < 1.29 is 14.1 Å². The lowest BCUT2D eigenvalue weighted by atomic mass is 9.89. The zero-order valence-corrected chi connectivity index (χ0v) is 15.2. The van der Waals surface area contributed by atoms with E-state index in [1.807, 2.05) is 0 Å². The molecule has 2 aromatic rings. The van der Waals surface area contributed by atoms with Crippen LogP contribution >= 0.6 is 11.6 Å². The predicted molar refractivity (Wildman–Crippen MR) is 99.1 cm³/mol. The molecule has 0 aliphatic heterocycles. The highest BCUT2D eigenvalue weighted by atomic mass is 35.5. The van der Waals surface area contributed by atoms with Gasteiger partial charge in [-0.3, -0.25) is 9.59 Å². The Kier molecular flexibility index (Phi) is 6.28. The highest BCUT2D eigenvalue weighted by Crippen LogP contribution is 2.26. The predicted octanol–water partition coefficient (Wildman–Crippen LogP) is 3.99. The molecule has 1 aromatic carbocycles. The maximum atomic E-state index is 13.0. The summed E-state index contributed by atoms with van der Waals surface area (Å²) in [5.74, 6) is 0.208. The van der Waals surface area contributed by atoms with E-state index >= 15 is 0 Å². The van der Waals surface area contributed by atoms with E-state index in [0.29, 0.717) is 28.9 Å². The number of halogens is 1. The molecule has 7 heteroatoms. The third kappa shape index (κ3) is 4.85. The molecule has 0 atom stereocenters. The van der Waals surface area contributed by atoms with Crippen molar-refractivity contribution in [2.75, 3.05) is 18.4 Å². The van der Waals surface area contributed by atoms with Crippen LogP contribution in [0.3, 0.4) is 0 Å². The molecule has 0 saturated heterocycles. The number of nitrogens with one attached hydrogen (secondary N) is 1. The third-order valence-electron chi connectivity index (χ3n) is 4.63. The summed E-state index contributed by atoms with van der Waals surface area (Å²) in [6, 6.07) is 8.48. The summed E-state index contributed by atoms with van der Waals surface area (Å²) in [6.45, 7) is 0.504. The smallest absolute Gasteiger partial charge is 0.255 e. The SMILES string of the molecule is O=C(CN(CC1CCCCC1)C(=O)c1ccccc1Cl)Nc1ccon1. The van der Waals surface area contributed by atoms with Gasteiger partial charge in [-0.15, -0.1) is 0 Å². The molecular formula is C19H22ClN3O3. The molecule has 1 aromatic heterocycles. The topological polar surface area (TPSA) is 75.4 Å². The number of hydrogen-bond donors (Lipinski definition) is 1. The summed E-state index contributed by atoms with van der Waals surface area (Å²) in [7, 11) is 0. The van der Waals surface area contributed by atoms with Gasteiger partial charge in [0.2, 0.25) is 5.91 Å². The number of nitrogens with zero attached hydrogens (tertiary/aromatic N) is 2. The maximum Gasteiger partial charge on any atom is 0.255 e. The molecule has 1 aliphatic rings. The average Bonchev–Trinajstić information content (AvgIpc) is 3.15. The second-order valence-electron chi connectivity index (χ2n) is 6.60. The first-order valence-corrected chi connectivity index (χ1v) is 9.25. The molecule has 26 heavy (non-hydrogen) atoms. The number of benzene rings is 1. The number of rotatable bonds is 6. The van der Waals surface area contributed by atoms with E-state index in [0.717, 1.165) is 12.8 Å². The fraction of sp³-hybridized carbons (Fsp3) is 0.421. The lowest BCUT2D eigenvalue weighted by Crippen LogP contribution is -2.41. The Bertz CT molecular complexity index is 742. The first kappa shape index (κ1) is 18.5. The van der Waals surface area contributed by atoms with Crippen molar-refractivity contribution in [2.45, 2.75) is 32.1 Å².